The normalized spacial score (nSPS) is 21.9. The van der Waals surface area contributed by atoms with Gasteiger partial charge >= 0.3 is 0 Å². The lowest BCUT2D eigenvalue weighted by Crippen LogP contribution is -2.26. The van der Waals surface area contributed by atoms with Crippen LogP contribution >= 0.6 is 0 Å². The first-order valence-electron chi connectivity index (χ1n) is 21.0. The summed E-state index contributed by atoms with van der Waals surface area (Å²) in [6.07, 6.45) is 45.8. The molecule has 0 saturated heterocycles. The molecule has 0 radical (unpaired) electrons. The van der Waals surface area contributed by atoms with Gasteiger partial charge in [0, 0.05) is 47.4 Å². The van der Waals surface area contributed by atoms with E-state index in [0.717, 1.165) is 61.6 Å². The summed E-state index contributed by atoms with van der Waals surface area (Å²) < 4.78 is 0. The van der Waals surface area contributed by atoms with Crippen molar-refractivity contribution in [1.82, 2.24) is 0 Å². The van der Waals surface area contributed by atoms with Crippen molar-refractivity contribution in [3.8, 4) is 11.1 Å². The predicted octanol–water partition coefficient (Wildman–Crippen LogP) is 13.3. The van der Waals surface area contributed by atoms with E-state index in [0.29, 0.717) is 23.5 Å². The van der Waals surface area contributed by atoms with Gasteiger partial charge in [0.15, 0.2) is 11.7 Å². The molecule has 3 aromatic carbocycles. The van der Waals surface area contributed by atoms with Gasteiger partial charge in [-0.2, -0.15) is 0 Å². The van der Waals surface area contributed by atoms with Gasteiger partial charge in [0.05, 0.1) is 0 Å². The summed E-state index contributed by atoms with van der Waals surface area (Å²) in [5.74, 6) is 2.46. The van der Waals surface area contributed by atoms with E-state index in [-0.39, 0.29) is 5.92 Å². The van der Waals surface area contributed by atoms with E-state index in [4.69, 9.17) is 15.0 Å². The first kappa shape index (κ1) is 38.7. The Bertz CT molecular complexity index is 2420. The van der Waals surface area contributed by atoms with Gasteiger partial charge in [0.25, 0.3) is 0 Å². The molecule has 3 unspecified atom stereocenters. The monoisotopic (exact) mass is 758 g/mol. The van der Waals surface area contributed by atoms with Gasteiger partial charge in [0.2, 0.25) is 0 Å². The molecule has 5 aliphatic rings. The molecule has 4 nitrogen and oxygen atoms in total. The maximum Gasteiger partial charge on any atom is 0.161 e. The smallest absolute Gasteiger partial charge is 0.161 e. The fourth-order valence-electron chi connectivity index (χ4n) is 8.74. The molecule has 3 atom stereocenters. The van der Waals surface area contributed by atoms with Crippen LogP contribution in [-0.2, 0) is 0 Å². The topological polar surface area (TPSA) is 40.3 Å². The summed E-state index contributed by atoms with van der Waals surface area (Å²) in [5, 5.41) is 0. The highest BCUT2D eigenvalue weighted by molar-refractivity contribution is 6.15. The molecule has 0 heterocycles. The third-order valence-corrected chi connectivity index (χ3v) is 11.8. The van der Waals surface area contributed by atoms with Crippen LogP contribution in [0.25, 0.3) is 11.1 Å². The maximum atomic E-state index is 5.21. The van der Waals surface area contributed by atoms with E-state index >= 15 is 0 Å². The Morgan fingerprint density at radius 1 is 0.707 bits per heavy atom. The van der Waals surface area contributed by atoms with E-state index < -0.39 is 0 Å². The number of anilines is 1. The summed E-state index contributed by atoms with van der Waals surface area (Å²) in [5.41, 5.74) is 13.4. The van der Waals surface area contributed by atoms with Crippen molar-refractivity contribution in [3.63, 3.8) is 0 Å². The largest absolute Gasteiger partial charge is 0.315 e. The van der Waals surface area contributed by atoms with Gasteiger partial charge in [-0.05, 0) is 128 Å². The number of allylic oxidation sites excluding steroid dienone is 19. The molecule has 58 heavy (non-hydrogen) atoms. The number of nitrogens with zero attached hydrogens (tertiary/aromatic N) is 4. The Hall–Kier alpha value is -6.13. The van der Waals surface area contributed by atoms with E-state index in [1.54, 1.807) is 0 Å². The van der Waals surface area contributed by atoms with Gasteiger partial charge in [0.1, 0.15) is 0 Å². The molecule has 3 aromatic rings. The zero-order valence-corrected chi connectivity index (χ0v) is 34.1. The second kappa shape index (κ2) is 18.4. The van der Waals surface area contributed by atoms with Crippen molar-refractivity contribution in [1.29, 1.82) is 0 Å². The summed E-state index contributed by atoms with van der Waals surface area (Å²) in [6.45, 7) is 4.44. The third-order valence-electron chi connectivity index (χ3n) is 11.8. The minimum Gasteiger partial charge on any atom is -0.315 e. The van der Waals surface area contributed by atoms with E-state index in [2.05, 4.69) is 164 Å². The summed E-state index contributed by atoms with van der Waals surface area (Å²) in [4.78, 5) is 17.5. The number of aliphatic imine (C=N–C) groups is 3. The van der Waals surface area contributed by atoms with Gasteiger partial charge < -0.3 is 4.90 Å². The number of rotatable bonds is 9. The number of hydrogen-bond acceptors (Lipinski definition) is 2. The van der Waals surface area contributed by atoms with Gasteiger partial charge in [-0.15, -0.1) is 0 Å². The van der Waals surface area contributed by atoms with Crippen molar-refractivity contribution in [2.24, 2.45) is 32.7 Å². The Labute approximate surface area is 345 Å². The fraction of sp³-hybridized carbons (Fsp3) is 0.241. The lowest BCUT2D eigenvalue weighted by Gasteiger charge is -2.36. The van der Waals surface area contributed by atoms with E-state index in [1.807, 2.05) is 31.5 Å². The minimum absolute atomic E-state index is 0.233. The Morgan fingerprint density at radius 2 is 1.52 bits per heavy atom. The summed E-state index contributed by atoms with van der Waals surface area (Å²) >= 11 is 0. The quantitative estimate of drug-likeness (QED) is 0.158. The van der Waals surface area contributed by atoms with Gasteiger partial charge in [-0.1, -0.05) is 140 Å². The van der Waals surface area contributed by atoms with Gasteiger partial charge in [-0.3, -0.25) is 4.99 Å². The van der Waals surface area contributed by atoms with Crippen LogP contribution in [0, 0.1) is 31.6 Å². The molecule has 290 valence electrons. The minimum atomic E-state index is 0.233. The second-order valence-electron chi connectivity index (χ2n) is 15.8. The number of benzene rings is 3. The van der Waals surface area contributed by atoms with E-state index in [9.17, 15) is 0 Å². The summed E-state index contributed by atoms with van der Waals surface area (Å²) in [7, 11) is 1.83. The van der Waals surface area contributed by atoms with Crippen molar-refractivity contribution in [2.45, 2.75) is 58.8 Å². The maximum absolute atomic E-state index is 5.21. The molecule has 0 aliphatic heterocycles. The zero-order chi connectivity index (χ0) is 39.7. The SMILES string of the molecule is C\N=C(/N=C(\N=C\C1C=CC=CC1)c1ccccc1)c1cccc(C)c1-c1ccc(N(C2=CC(C3C=CC=CC3)CC(C3=CC=CCC3)=C2)C2=CC=CCC2)cc1C. The zero-order valence-electron chi connectivity index (χ0n) is 34.1. The average molecular weight is 759 g/mol. The molecule has 0 spiro atoms. The van der Waals surface area contributed by atoms with Crippen LogP contribution < -0.4 is 4.90 Å². The number of hydrogen-bond donors (Lipinski definition) is 0. The number of amidine groups is 2. The van der Waals surface area contributed by atoms with Gasteiger partial charge in [-0.25, -0.2) is 9.98 Å². The van der Waals surface area contributed by atoms with Crippen LogP contribution in [0.3, 0.4) is 0 Å². The lowest BCUT2D eigenvalue weighted by atomic mass is 9.77. The van der Waals surface area contributed by atoms with Crippen LogP contribution in [-0.4, -0.2) is 24.9 Å². The first-order chi connectivity index (χ1) is 28.6. The molecule has 0 fully saturated rings. The number of aryl methyl sites for hydroxylation is 2. The van der Waals surface area contributed by atoms with Crippen LogP contribution in [0.4, 0.5) is 5.69 Å². The van der Waals surface area contributed by atoms with Crippen molar-refractivity contribution >= 4 is 23.6 Å². The van der Waals surface area contributed by atoms with Crippen molar-refractivity contribution in [3.05, 3.63) is 209 Å². The second-order valence-corrected chi connectivity index (χ2v) is 15.8. The molecular weight excluding hydrogens is 705 g/mol. The first-order valence-corrected chi connectivity index (χ1v) is 21.0. The van der Waals surface area contributed by atoms with E-state index in [1.165, 1.54) is 44.9 Å². The third kappa shape index (κ3) is 8.87. The van der Waals surface area contributed by atoms with Crippen LogP contribution in [0.5, 0.6) is 0 Å². The predicted molar refractivity (Wildman–Crippen MR) is 248 cm³/mol. The molecule has 0 N–H and O–H groups in total. The fourth-order valence-corrected chi connectivity index (χ4v) is 8.74. The highest BCUT2D eigenvalue weighted by Gasteiger charge is 2.28. The molecule has 0 saturated carbocycles. The van der Waals surface area contributed by atoms with Crippen LogP contribution in [0.15, 0.2) is 201 Å². The van der Waals surface area contributed by atoms with Crippen LogP contribution in [0.1, 0.15) is 67.2 Å². The highest BCUT2D eigenvalue weighted by atomic mass is 15.2. The van der Waals surface area contributed by atoms with Crippen molar-refractivity contribution < 1.29 is 0 Å². The van der Waals surface area contributed by atoms with Crippen LogP contribution in [0.2, 0.25) is 0 Å². The lowest BCUT2D eigenvalue weighted by molar-refractivity contribution is 0.465. The standard InChI is InChI=1S/C54H54N4/c1-39-20-19-31-51(54(55-3)57-53(44-27-15-7-16-28-44)56-38-41-21-9-4-10-22-41)52(39)50-33-32-48(34-40(50)2)58(47-29-17-8-18-30-47)49-36-45(42-23-11-5-12-24-42)35-46(37-49)43-25-13-6-14-26-43/h4-13,15-17,19-21,23,25,27-29,31-34,36-38,41-42,45H,14,18,22,24,26,30,35H2,1-3H3/b55-54-,56-38+,57-53-. The summed E-state index contributed by atoms with van der Waals surface area (Å²) in [6, 6.07) is 23.7. The molecule has 0 bridgehead atoms. The Kier molecular flexibility index (Phi) is 12.3. The molecular formula is C54H54N4. The molecule has 0 aromatic heterocycles. The molecule has 4 heteroatoms. The highest BCUT2D eigenvalue weighted by Crippen LogP contribution is 2.42. The van der Waals surface area contributed by atoms with Crippen molar-refractivity contribution in [2.75, 3.05) is 11.9 Å². The molecule has 5 aliphatic carbocycles. The Morgan fingerprint density at radius 3 is 2.22 bits per heavy atom. The molecule has 8 rings (SSSR count). The average Bonchev–Trinajstić information content (AvgIpc) is 3.28. The molecule has 0 amide bonds. The Balaban J connectivity index is 1.19.